The van der Waals surface area contributed by atoms with Crippen LogP contribution in [-0.4, -0.2) is 58.7 Å². The van der Waals surface area contributed by atoms with Crippen LogP contribution in [0.5, 0.6) is 0 Å². The molecule has 2 atom stereocenters. The number of hydrogen-bond acceptors (Lipinski definition) is 5. The standard InChI is InChI=1S/C13H18N4O2/c18-13(19)11-7-10(11)9-16-3-5-17(6-4-16)12-8-14-1-2-15-12/h1-2,8,10-11H,3-7,9H2,(H,18,19). The molecule has 1 saturated heterocycles. The largest absolute Gasteiger partial charge is 0.481 e. The van der Waals surface area contributed by atoms with Crippen molar-refractivity contribution in [3.8, 4) is 0 Å². The summed E-state index contributed by atoms with van der Waals surface area (Å²) in [4.78, 5) is 23.8. The topological polar surface area (TPSA) is 69.6 Å². The molecule has 1 aromatic rings. The van der Waals surface area contributed by atoms with Gasteiger partial charge in [-0.3, -0.25) is 14.7 Å². The van der Waals surface area contributed by atoms with Crippen LogP contribution in [0.15, 0.2) is 18.6 Å². The van der Waals surface area contributed by atoms with E-state index in [1.807, 2.05) is 0 Å². The molecule has 0 bridgehead atoms. The molecule has 6 nitrogen and oxygen atoms in total. The summed E-state index contributed by atoms with van der Waals surface area (Å²) < 4.78 is 0. The molecule has 1 N–H and O–H groups in total. The summed E-state index contributed by atoms with van der Waals surface area (Å²) in [6.07, 6.45) is 6.03. The van der Waals surface area contributed by atoms with Crippen molar-refractivity contribution >= 4 is 11.8 Å². The Morgan fingerprint density at radius 3 is 2.68 bits per heavy atom. The van der Waals surface area contributed by atoms with E-state index in [4.69, 9.17) is 5.11 Å². The molecule has 3 rings (SSSR count). The van der Waals surface area contributed by atoms with Crippen LogP contribution >= 0.6 is 0 Å². The number of carboxylic acid groups (broad SMARTS) is 1. The number of aromatic nitrogens is 2. The molecule has 1 aromatic heterocycles. The lowest BCUT2D eigenvalue weighted by Crippen LogP contribution is -2.47. The van der Waals surface area contributed by atoms with E-state index in [0.29, 0.717) is 5.92 Å². The summed E-state index contributed by atoms with van der Waals surface area (Å²) in [6, 6.07) is 0. The number of anilines is 1. The average Bonchev–Trinajstić information content (AvgIpc) is 3.20. The molecule has 0 aromatic carbocycles. The molecule has 0 amide bonds. The van der Waals surface area contributed by atoms with Gasteiger partial charge in [-0.25, -0.2) is 4.98 Å². The quantitative estimate of drug-likeness (QED) is 0.842. The second kappa shape index (κ2) is 5.13. The fourth-order valence-corrected chi connectivity index (χ4v) is 2.70. The van der Waals surface area contributed by atoms with Crippen LogP contribution in [-0.2, 0) is 4.79 Å². The highest BCUT2D eigenvalue weighted by atomic mass is 16.4. The number of aliphatic carboxylic acids is 1. The summed E-state index contributed by atoms with van der Waals surface area (Å²) in [5.74, 6) is 0.554. The third-order valence-corrected chi connectivity index (χ3v) is 3.98. The van der Waals surface area contributed by atoms with E-state index < -0.39 is 5.97 Å². The Morgan fingerprint density at radius 2 is 2.11 bits per heavy atom. The fraction of sp³-hybridized carbons (Fsp3) is 0.615. The zero-order valence-corrected chi connectivity index (χ0v) is 10.8. The highest BCUT2D eigenvalue weighted by Gasteiger charge is 2.43. The number of rotatable bonds is 4. The molecule has 6 heteroatoms. The van der Waals surface area contributed by atoms with Gasteiger partial charge in [-0.05, 0) is 12.3 Å². The number of carboxylic acids is 1. The first-order valence-corrected chi connectivity index (χ1v) is 6.70. The highest BCUT2D eigenvalue weighted by Crippen LogP contribution is 2.39. The normalized spacial score (nSPS) is 27.3. The summed E-state index contributed by atoms with van der Waals surface area (Å²) >= 11 is 0. The minimum absolute atomic E-state index is 0.0991. The van der Waals surface area contributed by atoms with E-state index in [9.17, 15) is 4.79 Å². The Kier molecular flexibility index (Phi) is 3.33. The van der Waals surface area contributed by atoms with Crippen molar-refractivity contribution in [3.05, 3.63) is 18.6 Å². The molecule has 2 heterocycles. The predicted octanol–water partition coefficient (Wildman–Crippen LogP) is 0.319. The molecule has 0 spiro atoms. The van der Waals surface area contributed by atoms with Crippen LogP contribution in [0, 0.1) is 11.8 Å². The van der Waals surface area contributed by atoms with E-state index >= 15 is 0 Å². The van der Waals surface area contributed by atoms with Crippen molar-refractivity contribution in [1.82, 2.24) is 14.9 Å². The average molecular weight is 262 g/mol. The van der Waals surface area contributed by atoms with Crippen molar-refractivity contribution in [2.75, 3.05) is 37.6 Å². The van der Waals surface area contributed by atoms with Gasteiger partial charge in [0.2, 0.25) is 0 Å². The van der Waals surface area contributed by atoms with E-state index in [-0.39, 0.29) is 5.92 Å². The van der Waals surface area contributed by atoms with E-state index in [0.717, 1.165) is 45.0 Å². The second-order valence-corrected chi connectivity index (χ2v) is 5.29. The molecule has 2 fully saturated rings. The summed E-state index contributed by atoms with van der Waals surface area (Å²) in [5.41, 5.74) is 0. The monoisotopic (exact) mass is 262 g/mol. The Labute approximate surface area is 112 Å². The third kappa shape index (κ3) is 2.84. The van der Waals surface area contributed by atoms with Crippen LogP contribution in [0.2, 0.25) is 0 Å². The molecule has 1 aliphatic heterocycles. The lowest BCUT2D eigenvalue weighted by molar-refractivity contribution is -0.138. The first kappa shape index (κ1) is 12.3. The van der Waals surface area contributed by atoms with Crippen LogP contribution in [0.4, 0.5) is 5.82 Å². The highest BCUT2D eigenvalue weighted by molar-refractivity contribution is 5.73. The summed E-state index contributed by atoms with van der Waals surface area (Å²) in [5, 5.41) is 8.90. The first-order valence-electron chi connectivity index (χ1n) is 6.70. The lowest BCUT2D eigenvalue weighted by Gasteiger charge is -2.35. The smallest absolute Gasteiger partial charge is 0.306 e. The van der Waals surface area contributed by atoms with Gasteiger partial charge in [-0.2, -0.15) is 0 Å². The first-order chi connectivity index (χ1) is 9.24. The Balaban J connectivity index is 1.47. The third-order valence-electron chi connectivity index (χ3n) is 3.98. The molecule has 0 radical (unpaired) electrons. The molecular formula is C13H18N4O2. The Bertz CT molecular complexity index is 445. The summed E-state index contributed by atoms with van der Waals surface area (Å²) in [6.45, 7) is 4.73. The zero-order chi connectivity index (χ0) is 13.2. The number of piperazine rings is 1. The van der Waals surface area contributed by atoms with E-state index in [1.165, 1.54) is 0 Å². The minimum Gasteiger partial charge on any atom is -0.481 e. The van der Waals surface area contributed by atoms with Crippen LogP contribution < -0.4 is 4.90 Å². The zero-order valence-electron chi connectivity index (χ0n) is 10.8. The van der Waals surface area contributed by atoms with Gasteiger partial charge in [0.15, 0.2) is 0 Å². The molecular weight excluding hydrogens is 244 g/mol. The van der Waals surface area contributed by atoms with Crippen molar-refractivity contribution in [2.24, 2.45) is 11.8 Å². The molecule has 2 unspecified atom stereocenters. The van der Waals surface area contributed by atoms with Crippen molar-refractivity contribution in [3.63, 3.8) is 0 Å². The van der Waals surface area contributed by atoms with Crippen LogP contribution in [0.1, 0.15) is 6.42 Å². The SMILES string of the molecule is O=C(O)C1CC1CN1CCN(c2cnccn2)CC1. The van der Waals surface area contributed by atoms with E-state index in [2.05, 4.69) is 19.8 Å². The lowest BCUT2D eigenvalue weighted by atomic mass is 10.2. The number of carbonyl (C=O) groups is 1. The number of nitrogens with zero attached hydrogens (tertiary/aromatic N) is 4. The molecule has 19 heavy (non-hydrogen) atoms. The van der Waals surface area contributed by atoms with Crippen molar-refractivity contribution in [1.29, 1.82) is 0 Å². The van der Waals surface area contributed by atoms with Crippen molar-refractivity contribution < 1.29 is 9.90 Å². The molecule has 1 aliphatic carbocycles. The molecule has 2 aliphatic rings. The second-order valence-electron chi connectivity index (χ2n) is 5.29. The van der Waals surface area contributed by atoms with Gasteiger partial charge in [0, 0.05) is 45.1 Å². The molecule has 102 valence electrons. The van der Waals surface area contributed by atoms with Gasteiger partial charge < -0.3 is 10.0 Å². The maximum absolute atomic E-state index is 10.8. The summed E-state index contributed by atoms with van der Waals surface area (Å²) in [7, 11) is 0. The van der Waals surface area contributed by atoms with Crippen LogP contribution in [0.3, 0.4) is 0 Å². The van der Waals surface area contributed by atoms with Crippen LogP contribution in [0.25, 0.3) is 0 Å². The maximum atomic E-state index is 10.8. The van der Waals surface area contributed by atoms with Gasteiger partial charge in [0.1, 0.15) is 5.82 Å². The van der Waals surface area contributed by atoms with E-state index in [1.54, 1.807) is 18.6 Å². The Morgan fingerprint density at radius 1 is 1.32 bits per heavy atom. The predicted molar refractivity (Wildman–Crippen MR) is 69.9 cm³/mol. The Hall–Kier alpha value is -1.69. The van der Waals surface area contributed by atoms with Gasteiger partial charge in [-0.1, -0.05) is 0 Å². The van der Waals surface area contributed by atoms with Gasteiger partial charge in [0.25, 0.3) is 0 Å². The minimum atomic E-state index is -0.636. The number of hydrogen-bond donors (Lipinski definition) is 1. The van der Waals surface area contributed by atoms with Gasteiger partial charge >= 0.3 is 5.97 Å². The maximum Gasteiger partial charge on any atom is 0.306 e. The van der Waals surface area contributed by atoms with Crippen molar-refractivity contribution in [2.45, 2.75) is 6.42 Å². The fourth-order valence-electron chi connectivity index (χ4n) is 2.70. The molecule has 1 saturated carbocycles. The van der Waals surface area contributed by atoms with Gasteiger partial charge in [-0.15, -0.1) is 0 Å². The van der Waals surface area contributed by atoms with Gasteiger partial charge in [0.05, 0.1) is 12.1 Å².